The molecule has 0 aliphatic heterocycles. The number of aromatic nitrogens is 1. The van der Waals surface area contributed by atoms with Gasteiger partial charge in [-0.15, -0.1) is 6.58 Å². The second kappa shape index (κ2) is 9.74. The Hall–Kier alpha value is -3.60. The number of ether oxygens (including phenoxy) is 2. The number of aryl methyl sites for hydroxylation is 1. The molecule has 0 aliphatic carbocycles. The van der Waals surface area contributed by atoms with E-state index in [1.54, 1.807) is 30.3 Å². The van der Waals surface area contributed by atoms with E-state index in [9.17, 15) is 9.59 Å². The maximum atomic E-state index is 12.6. The summed E-state index contributed by atoms with van der Waals surface area (Å²) in [6, 6.07) is 18.3. The van der Waals surface area contributed by atoms with Crippen molar-refractivity contribution < 1.29 is 19.1 Å². The van der Waals surface area contributed by atoms with Crippen molar-refractivity contribution in [1.82, 2.24) is 4.57 Å². The summed E-state index contributed by atoms with van der Waals surface area (Å²) in [6.07, 6.45) is 1.78. The first-order valence-electron chi connectivity index (χ1n) is 9.74. The van der Waals surface area contributed by atoms with Crippen molar-refractivity contribution in [2.45, 2.75) is 27.0 Å². The van der Waals surface area contributed by atoms with Crippen molar-refractivity contribution in [3.05, 3.63) is 101 Å². The lowest BCUT2D eigenvalue weighted by atomic mass is 10.1. The second-order valence-electron chi connectivity index (χ2n) is 6.99. The smallest absolute Gasteiger partial charge is 0.338 e. The summed E-state index contributed by atoms with van der Waals surface area (Å²) >= 11 is 0. The van der Waals surface area contributed by atoms with Gasteiger partial charge >= 0.3 is 5.97 Å². The van der Waals surface area contributed by atoms with E-state index in [0.29, 0.717) is 30.0 Å². The van der Waals surface area contributed by atoms with Crippen LogP contribution in [0.15, 0.2) is 73.3 Å². The predicted molar refractivity (Wildman–Crippen MR) is 116 cm³/mol. The van der Waals surface area contributed by atoms with Crippen LogP contribution in [-0.4, -0.2) is 22.9 Å². The van der Waals surface area contributed by atoms with Gasteiger partial charge in [0, 0.05) is 23.5 Å². The first kappa shape index (κ1) is 21.1. The van der Waals surface area contributed by atoms with Crippen LogP contribution in [0.3, 0.4) is 0 Å². The molecule has 0 radical (unpaired) electrons. The molecule has 0 saturated carbocycles. The van der Waals surface area contributed by atoms with Crippen molar-refractivity contribution in [1.29, 1.82) is 0 Å². The number of carbonyl (C=O) groups excluding carboxylic acids is 2. The van der Waals surface area contributed by atoms with Gasteiger partial charge in [-0.05, 0) is 43.7 Å². The Morgan fingerprint density at radius 1 is 1.03 bits per heavy atom. The van der Waals surface area contributed by atoms with Crippen LogP contribution in [0, 0.1) is 13.8 Å². The number of rotatable bonds is 9. The predicted octanol–water partition coefficient (Wildman–Crippen LogP) is 4.91. The lowest BCUT2D eigenvalue weighted by Gasteiger charge is -2.09. The lowest BCUT2D eigenvalue weighted by Crippen LogP contribution is -2.15. The highest BCUT2D eigenvalue weighted by Crippen LogP contribution is 2.18. The van der Waals surface area contributed by atoms with Crippen molar-refractivity contribution in [2.75, 3.05) is 6.61 Å². The highest BCUT2D eigenvalue weighted by atomic mass is 16.5. The Kier molecular flexibility index (Phi) is 6.86. The van der Waals surface area contributed by atoms with Crippen LogP contribution in [0.2, 0.25) is 0 Å². The Morgan fingerprint density at radius 3 is 2.53 bits per heavy atom. The molecule has 5 nitrogen and oxygen atoms in total. The zero-order chi connectivity index (χ0) is 21.5. The molecule has 0 amide bonds. The Morgan fingerprint density at radius 2 is 1.80 bits per heavy atom. The molecule has 5 heteroatoms. The van der Waals surface area contributed by atoms with Gasteiger partial charge in [0.1, 0.15) is 12.4 Å². The lowest BCUT2D eigenvalue weighted by molar-refractivity contribution is 0.0474. The summed E-state index contributed by atoms with van der Waals surface area (Å²) in [5.41, 5.74) is 3.73. The van der Waals surface area contributed by atoms with Crippen molar-refractivity contribution >= 4 is 11.8 Å². The van der Waals surface area contributed by atoms with Crippen LogP contribution in [0.4, 0.5) is 0 Å². The van der Waals surface area contributed by atoms with Gasteiger partial charge in [-0.3, -0.25) is 4.79 Å². The van der Waals surface area contributed by atoms with E-state index in [4.69, 9.17) is 9.47 Å². The number of nitrogens with zero attached hydrogens (tertiary/aromatic N) is 1. The molecule has 3 rings (SSSR count). The van der Waals surface area contributed by atoms with E-state index < -0.39 is 5.97 Å². The van der Waals surface area contributed by atoms with Crippen LogP contribution in [0.5, 0.6) is 5.75 Å². The van der Waals surface area contributed by atoms with Crippen molar-refractivity contribution in [3.63, 3.8) is 0 Å². The normalized spacial score (nSPS) is 10.5. The van der Waals surface area contributed by atoms with Gasteiger partial charge in [0.25, 0.3) is 0 Å². The molecule has 0 unspecified atom stereocenters. The molecule has 0 atom stereocenters. The molecule has 0 spiro atoms. The Balaban J connectivity index is 1.60. The molecule has 1 heterocycles. The average Bonchev–Trinajstić information content (AvgIpc) is 3.05. The molecule has 1 aromatic heterocycles. The molecule has 0 bridgehead atoms. The van der Waals surface area contributed by atoms with Gasteiger partial charge in [0.05, 0.1) is 5.56 Å². The summed E-state index contributed by atoms with van der Waals surface area (Å²) in [7, 11) is 0. The van der Waals surface area contributed by atoms with E-state index in [-0.39, 0.29) is 12.4 Å². The third-order valence-corrected chi connectivity index (χ3v) is 4.84. The molecule has 0 aliphatic rings. The second-order valence-corrected chi connectivity index (χ2v) is 6.99. The largest absolute Gasteiger partial charge is 0.489 e. The molecule has 0 fully saturated rings. The van der Waals surface area contributed by atoms with Gasteiger partial charge in [-0.25, -0.2) is 4.79 Å². The highest BCUT2D eigenvalue weighted by molar-refractivity contribution is 6.00. The first-order chi connectivity index (χ1) is 14.5. The SMILES string of the molecule is C=CCn1c(C)cc(C(=O)COC(=O)c2cccc(OCc3ccccc3)c2)c1C. The summed E-state index contributed by atoms with van der Waals surface area (Å²) in [5.74, 6) is -0.232. The number of Topliss-reactive ketones (excluding diaryl/α,β-unsaturated/α-hetero) is 1. The Labute approximate surface area is 176 Å². The van der Waals surface area contributed by atoms with Crippen LogP contribution in [0.1, 0.15) is 37.7 Å². The third kappa shape index (κ3) is 5.06. The molecular formula is C25H25NO4. The standard InChI is InChI=1S/C25H25NO4/c1-4-13-26-18(2)14-23(19(26)3)24(27)17-30-25(28)21-11-8-12-22(15-21)29-16-20-9-6-5-7-10-20/h4-12,14-15H,1,13,16-17H2,2-3H3. The van der Waals surface area contributed by atoms with Gasteiger partial charge in [0.15, 0.2) is 6.61 Å². The van der Waals surface area contributed by atoms with Gasteiger partial charge in [-0.2, -0.15) is 0 Å². The molecule has 0 N–H and O–H groups in total. The van der Waals surface area contributed by atoms with Gasteiger partial charge in [0.2, 0.25) is 5.78 Å². The number of esters is 1. The third-order valence-electron chi connectivity index (χ3n) is 4.84. The molecular weight excluding hydrogens is 378 g/mol. The number of allylic oxidation sites excluding steroid dienone is 1. The number of hydrogen-bond donors (Lipinski definition) is 0. The minimum absolute atomic E-state index is 0.233. The van der Waals surface area contributed by atoms with E-state index in [1.807, 2.05) is 54.8 Å². The summed E-state index contributed by atoms with van der Waals surface area (Å²) in [4.78, 5) is 25.0. The van der Waals surface area contributed by atoms with Crippen molar-refractivity contribution in [3.8, 4) is 5.75 Å². The summed E-state index contributed by atoms with van der Waals surface area (Å²) in [5, 5.41) is 0. The zero-order valence-corrected chi connectivity index (χ0v) is 17.3. The fraction of sp³-hybridized carbons (Fsp3) is 0.200. The maximum absolute atomic E-state index is 12.6. The van der Waals surface area contributed by atoms with E-state index in [0.717, 1.165) is 17.0 Å². The molecule has 2 aromatic carbocycles. The van der Waals surface area contributed by atoms with Crippen LogP contribution >= 0.6 is 0 Å². The quantitative estimate of drug-likeness (QED) is 0.289. The summed E-state index contributed by atoms with van der Waals surface area (Å²) < 4.78 is 13.0. The number of benzene rings is 2. The monoisotopic (exact) mass is 403 g/mol. The molecule has 30 heavy (non-hydrogen) atoms. The van der Waals surface area contributed by atoms with Gasteiger partial charge < -0.3 is 14.0 Å². The number of hydrogen-bond acceptors (Lipinski definition) is 4. The number of ketones is 1. The molecule has 0 saturated heterocycles. The number of carbonyl (C=O) groups is 2. The molecule has 3 aromatic rings. The zero-order valence-electron chi connectivity index (χ0n) is 17.3. The van der Waals surface area contributed by atoms with Gasteiger partial charge in [-0.1, -0.05) is 42.5 Å². The van der Waals surface area contributed by atoms with Crippen LogP contribution in [-0.2, 0) is 17.9 Å². The van der Waals surface area contributed by atoms with Crippen LogP contribution in [0.25, 0.3) is 0 Å². The minimum Gasteiger partial charge on any atom is -0.489 e. The first-order valence-corrected chi connectivity index (χ1v) is 9.74. The molecule has 154 valence electrons. The van der Waals surface area contributed by atoms with Crippen LogP contribution < -0.4 is 4.74 Å². The fourth-order valence-corrected chi connectivity index (χ4v) is 3.24. The minimum atomic E-state index is -0.562. The van der Waals surface area contributed by atoms with E-state index >= 15 is 0 Å². The van der Waals surface area contributed by atoms with E-state index in [2.05, 4.69) is 6.58 Å². The van der Waals surface area contributed by atoms with E-state index in [1.165, 1.54) is 0 Å². The maximum Gasteiger partial charge on any atom is 0.338 e. The topological polar surface area (TPSA) is 57.5 Å². The fourth-order valence-electron chi connectivity index (χ4n) is 3.24. The Bertz CT molecular complexity index is 1050. The highest BCUT2D eigenvalue weighted by Gasteiger charge is 2.17. The summed E-state index contributed by atoms with van der Waals surface area (Å²) in [6.45, 7) is 8.26. The average molecular weight is 403 g/mol. The van der Waals surface area contributed by atoms with Crippen molar-refractivity contribution in [2.24, 2.45) is 0 Å².